The fourth-order valence-electron chi connectivity index (χ4n) is 4.08. The second kappa shape index (κ2) is 21.8. The maximum atomic E-state index is 12.7. The number of hydrogen-bond acceptors (Lipinski definition) is 6. The van der Waals surface area contributed by atoms with Gasteiger partial charge in [-0.15, -0.1) is 0 Å². The number of allylic oxidation sites excluding steroid dienone is 1. The maximum absolute atomic E-state index is 12.7. The molecule has 0 fully saturated rings. The topological polar surface area (TPSA) is 120 Å². The van der Waals surface area contributed by atoms with Crippen LogP contribution in [-0.4, -0.2) is 50.1 Å². The van der Waals surface area contributed by atoms with Crippen LogP contribution in [0.2, 0.25) is 0 Å². The number of benzene rings is 2. The standard InChI is InChI=1S/C24H38N6O2.C7H7F.C3H8/c1-17-10-11-21-8-5-4-7-20(21)9-6-12-26-24(32)22(15-28-18(2)13-25)30-23(31)16-29-19(3)14-27-17;1-6-3-2-4-7(8)5-6;1-3-2/h4-5,7-8,13,17,22,27-29H,3,6,9-12,14-16,25H2,1-2H3,(H,26,32)(H,30,31);2-5H,1H3;3H2,1-2H3/b18-13-;;/t17-,22?;;/m0../s1. The van der Waals surface area contributed by atoms with Gasteiger partial charge in [0.1, 0.15) is 11.9 Å². The summed E-state index contributed by atoms with van der Waals surface area (Å²) in [7, 11) is 0. The molecule has 43 heavy (non-hydrogen) atoms. The second-order valence-corrected chi connectivity index (χ2v) is 10.8. The predicted octanol–water partition coefficient (Wildman–Crippen LogP) is 4.21. The molecule has 2 aromatic rings. The van der Waals surface area contributed by atoms with Crippen molar-refractivity contribution in [2.24, 2.45) is 5.73 Å². The van der Waals surface area contributed by atoms with Gasteiger partial charge in [-0.05, 0) is 75.3 Å². The number of nitrogens with one attached hydrogen (secondary N) is 5. The van der Waals surface area contributed by atoms with Gasteiger partial charge in [0.15, 0.2) is 0 Å². The minimum atomic E-state index is -0.711. The maximum Gasteiger partial charge on any atom is 0.244 e. The highest BCUT2D eigenvalue weighted by molar-refractivity contribution is 5.88. The van der Waals surface area contributed by atoms with Crippen LogP contribution in [0, 0.1) is 12.7 Å². The molecule has 0 saturated heterocycles. The van der Waals surface area contributed by atoms with Gasteiger partial charge in [-0.2, -0.15) is 0 Å². The van der Waals surface area contributed by atoms with Crippen LogP contribution in [-0.2, 0) is 22.4 Å². The molecule has 238 valence electrons. The van der Waals surface area contributed by atoms with Crippen molar-refractivity contribution in [1.29, 1.82) is 0 Å². The largest absolute Gasteiger partial charge is 0.403 e. The zero-order chi connectivity index (χ0) is 32.0. The second-order valence-electron chi connectivity index (χ2n) is 10.8. The summed E-state index contributed by atoms with van der Waals surface area (Å²) in [6.07, 6.45) is 6.39. The third-order valence-corrected chi connectivity index (χ3v) is 6.52. The van der Waals surface area contributed by atoms with E-state index in [1.54, 1.807) is 13.0 Å². The lowest BCUT2D eigenvalue weighted by atomic mass is 9.97. The Morgan fingerprint density at radius 3 is 2.35 bits per heavy atom. The average Bonchev–Trinajstić information content (AvgIpc) is 2.98. The van der Waals surface area contributed by atoms with E-state index in [9.17, 15) is 14.0 Å². The Hall–Kier alpha value is -3.85. The van der Waals surface area contributed by atoms with Gasteiger partial charge in [0.25, 0.3) is 0 Å². The van der Waals surface area contributed by atoms with E-state index in [1.807, 2.05) is 13.0 Å². The molecule has 0 bridgehead atoms. The van der Waals surface area contributed by atoms with E-state index in [0.29, 0.717) is 19.1 Å². The molecule has 8 nitrogen and oxygen atoms in total. The van der Waals surface area contributed by atoms with Crippen molar-refractivity contribution in [2.75, 3.05) is 26.2 Å². The fraction of sp³-hybridized carbons (Fsp3) is 0.471. The molecule has 9 heteroatoms. The Morgan fingerprint density at radius 1 is 1.07 bits per heavy atom. The summed E-state index contributed by atoms with van der Waals surface area (Å²) in [5.41, 5.74) is 10.6. The molecule has 0 aromatic heterocycles. The Kier molecular flexibility index (Phi) is 18.8. The number of carbonyl (C=O) groups excluding carboxylic acids is 2. The van der Waals surface area contributed by atoms with Gasteiger partial charge in [-0.25, -0.2) is 4.39 Å². The molecule has 2 aromatic carbocycles. The number of carbonyl (C=O) groups is 2. The first-order chi connectivity index (χ1) is 20.6. The molecule has 1 aliphatic rings. The summed E-state index contributed by atoms with van der Waals surface area (Å²) in [4.78, 5) is 25.1. The fourth-order valence-corrected chi connectivity index (χ4v) is 4.08. The average molecular weight is 597 g/mol. The van der Waals surface area contributed by atoms with Crippen LogP contribution in [0.4, 0.5) is 4.39 Å². The molecular formula is C34H53FN6O2. The third-order valence-electron chi connectivity index (χ3n) is 6.52. The van der Waals surface area contributed by atoms with Crippen molar-refractivity contribution in [3.63, 3.8) is 0 Å². The highest BCUT2D eigenvalue weighted by atomic mass is 19.1. The van der Waals surface area contributed by atoms with E-state index < -0.39 is 6.04 Å². The lowest BCUT2D eigenvalue weighted by molar-refractivity contribution is -0.128. The van der Waals surface area contributed by atoms with E-state index in [1.165, 1.54) is 35.9 Å². The zero-order valence-electron chi connectivity index (χ0n) is 26.7. The summed E-state index contributed by atoms with van der Waals surface area (Å²) >= 11 is 0. The summed E-state index contributed by atoms with van der Waals surface area (Å²) in [5.74, 6) is -0.657. The molecule has 0 spiro atoms. The Bertz CT molecular complexity index is 1140. The van der Waals surface area contributed by atoms with Crippen molar-refractivity contribution in [3.05, 3.63) is 95.2 Å². The van der Waals surface area contributed by atoms with Gasteiger partial charge in [0.05, 0.1) is 6.54 Å². The molecule has 3 rings (SSSR count). The van der Waals surface area contributed by atoms with E-state index in [2.05, 4.69) is 78.2 Å². The Labute approximate surface area is 258 Å². The molecule has 1 unspecified atom stereocenters. The lowest BCUT2D eigenvalue weighted by Gasteiger charge is -2.21. The zero-order valence-corrected chi connectivity index (χ0v) is 26.7. The van der Waals surface area contributed by atoms with Crippen LogP contribution in [0.3, 0.4) is 0 Å². The van der Waals surface area contributed by atoms with Gasteiger partial charge in [-0.1, -0.05) is 63.2 Å². The number of amides is 2. The lowest BCUT2D eigenvalue weighted by Crippen LogP contribution is -2.53. The van der Waals surface area contributed by atoms with Crippen LogP contribution in [0.25, 0.3) is 0 Å². The van der Waals surface area contributed by atoms with Gasteiger partial charge >= 0.3 is 0 Å². The Balaban J connectivity index is 0.000000705. The minimum absolute atomic E-state index is 0.0533. The van der Waals surface area contributed by atoms with Crippen LogP contribution in [0.5, 0.6) is 0 Å². The van der Waals surface area contributed by atoms with E-state index in [0.717, 1.165) is 42.6 Å². The van der Waals surface area contributed by atoms with Gasteiger partial charge in [0, 0.05) is 43.3 Å². The molecule has 0 aliphatic carbocycles. The summed E-state index contributed by atoms with van der Waals surface area (Å²) in [6.45, 7) is 15.5. The first kappa shape index (κ1) is 37.2. The first-order valence-electron chi connectivity index (χ1n) is 15.2. The first-order valence-corrected chi connectivity index (χ1v) is 15.2. The third kappa shape index (κ3) is 17.0. The molecule has 1 heterocycles. The monoisotopic (exact) mass is 596 g/mol. The molecule has 2 atom stereocenters. The molecule has 2 amide bonds. The number of nitrogens with two attached hydrogens (primary N) is 1. The Morgan fingerprint density at radius 2 is 1.74 bits per heavy atom. The normalized spacial score (nSPS) is 18.8. The molecule has 1 aliphatic heterocycles. The minimum Gasteiger partial charge on any atom is -0.403 e. The van der Waals surface area contributed by atoms with Crippen LogP contribution in [0.15, 0.2) is 72.7 Å². The summed E-state index contributed by atoms with van der Waals surface area (Å²) in [5, 5.41) is 15.3. The van der Waals surface area contributed by atoms with E-state index in [4.69, 9.17) is 5.73 Å². The summed E-state index contributed by atoms with van der Waals surface area (Å²) in [6, 6.07) is 14.6. The number of rotatable bonds is 3. The molecule has 7 N–H and O–H groups in total. The van der Waals surface area contributed by atoms with Crippen LogP contribution < -0.4 is 32.3 Å². The van der Waals surface area contributed by atoms with Crippen molar-refractivity contribution in [3.8, 4) is 0 Å². The quantitative estimate of drug-likeness (QED) is 0.316. The van der Waals surface area contributed by atoms with Crippen LogP contribution in [0.1, 0.15) is 63.6 Å². The van der Waals surface area contributed by atoms with Crippen molar-refractivity contribution in [1.82, 2.24) is 26.6 Å². The number of hydrogen-bond donors (Lipinski definition) is 6. The van der Waals surface area contributed by atoms with E-state index >= 15 is 0 Å². The highest BCUT2D eigenvalue weighted by Gasteiger charge is 2.20. The molecule has 0 radical (unpaired) electrons. The highest BCUT2D eigenvalue weighted by Crippen LogP contribution is 2.14. The van der Waals surface area contributed by atoms with Crippen LogP contribution >= 0.6 is 0 Å². The number of halogens is 1. The van der Waals surface area contributed by atoms with Gasteiger partial charge < -0.3 is 32.3 Å². The SMILES string of the molecule is C=C1CN[C@@H](C)CCc2ccccc2CCCNC(=O)C(CN/C(C)=C\N)NC(=O)CN1.CCC.Cc1cccc(F)c1. The number of fused-ring (bicyclic) bond motifs is 1. The van der Waals surface area contributed by atoms with E-state index in [-0.39, 0.29) is 30.7 Å². The van der Waals surface area contributed by atoms with Crippen molar-refractivity contribution in [2.45, 2.75) is 78.8 Å². The van der Waals surface area contributed by atoms with Crippen molar-refractivity contribution < 1.29 is 14.0 Å². The molecular weight excluding hydrogens is 543 g/mol. The van der Waals surface area contributed by atoms with Gasteiger partial charge in [-0.3, -0.25) is 9.59 Å². The van der Waals surface area contributed by atoms with Gasteiger partial charge in [0.2, 0.25) is 11.8 Å². The molecule has 0 saturated carbocycles. The smallest absolute Gasteiger partial charge is 0.244 e. The predicted molar refractivity (Wildman–Crippen MR) is 176 cm³/mol. The van der Waals surface area contributed by atoms with Crippen molar-refractivity contribution >= 4 is 11.8 Å². The number of aryl methyl sites for hydroxylation is 3. The summed E-state index contributed by atoms with van der Waals surface area (Å²) < 4.78 is 12.2.